The third kappa shape index (κ3) is 3.04. The molecule has 28 heavy (non-hydrogen) atoms. The van der Waals surface area contributed by atoms with Crippen LogP contribution in [0.15, 0.2) is 36.5 Å². The highest BCUT2D eigenvalue weighted by atomic mass is 35.5. The molecule has 0 atom stereocenters. The molecule has 0 unspecified atom stereocenters. The molecule has 2 aliphatic rings. The molecule has 5 nitrogen and oxygen atoms in total. The van der Waals surface area contributed by atoms with Gasteiger partial charge in [0.2, 0.25) is 0 Å². The Morgan fingerprint density at radius 2 is 1.96 bits per heavy atom. The number of anilines is 1. The summed E-state index contributed by atoms with van der Waals surface area (Å²) in [6, 6.07) is 9.75. The van der Waals surface area contributed by atoms with Gasteiger partial charge in [0, 0.05) is 66.0 Å². The van der Waals surface area contributed by atoms with Gasteiger partial charge in [-0.1, -0.05) is 11.6 Å². The second-order valence-corrected chi connectivity index (χ2v) is 8.11. The number of carbonyl (C=O) groups is 1. The number of amides is 1. The van der Waals surface area contributed by atoms with Crippen LogP contribution in [0.2, 0.25) is 5.02 Å². The van der Waals surface area contributed by atoms with Crippen LogP contribution in [-0.4, -0.2) is 40.4 Å². The van der Waals surface area contributed by atoms with Gasteiger partial charge in [0.1, 0.15) is 5.82 Å². The maximum Gasteiger partial charge on any atom is 0.257 e. The Morgan fingerprint density at radius 1 is 1.11 bits per heavy atom. The lowest BCUT2D eigenvalue weighted by Crippen LogP contribution is -2.38. The number of nitrogens with zero attached hydrogens (tertiary/aromatic N) is 3. The first-order valence-electron chi connectivity index (χ1n) is 9.99. The molecule has 1 amide bonds. The van der Waals surface area contributed by atoms with Crippen LogP contribution in [0.1, 0.15) is 40.9 Å². The molecule has 2 aliphatic heterocycles. The first-order chi connectivity index (χ1) is 13.7. The molecule has 5 rings (SSSR count). The molecular formula is C22H23ClN4O. The van der Waals surface area contributed by atoms with E-state index in [1.165, 1.54) is 17.7 Å². The Kier molecular flexibility index (Phi) is 4.47. The third-order valence-electron chi connectivity index (χ3n) is 5.90. The molecule has 144 valence electrons. The van der Waals surface area contributed by atoms with Crippen molar-refractivity contribution in [2.75, 3.05) is 24.5 Å². The van der Waals surface area contributed by atoms with Crippen LogP contribution < -0.4 is 4.90 Å². The first-order valence-corrected chi connectivity index (χ1v) is 10.4. The molecule has 0 radical (unpaired) electrons. The number of hydrogen-bond donors (Lipinski definition) is 1. The number of hydrogen-bond acceptors (Lipinski definition) is 3. The fourth-order valence-electron chi connectivity index (χ4n) is 4.45. The first kappa shape index (κ1) is 17.6. The van der Waals surface area contributed by atoms with Crippen LogP contribution in [0.25, 0.3) is 10.9 Å². The summed E-state index contributed by atoms with van der Waals surface area (Å²) in [6.07, 6.45) is 6.07. The van der Waals surface area contributed by atoms with Gasteiger partial charge in [0.15, 0.2) is 0 Å². The second kappa shape index (κ2) is 7.13. The maximum atomic E-state index is 13.2. The predicted octanol–water partition coefficient (Wildman–Crippen LogP) is 4.41. The Morgan fingerprint density at radius 3 is 2.82 bits per heavy atom. The third-order valence-corrected chi connectivity index (χ3v) is 6.13. The number of H-pyrrole nitrogens is 1. The lowest BCUT2D eigenvalue weighted by atomic mass is 10.0. The van der Waals surface area contributed by atoms with Gasteiger partial charge in [-0.3, -0.25) is 4.79 Å². The number of likely N-dealkylation sites (tertiary alicyclic amines) is 1. The van der Waals surface area contributed by atoms with Crippen molar-refractivity contribution in [1.82, 2.24) is 14.9 Å². The number of piperidine rings is 1. The normalized spacial score (nSPS) is 17.0. The van der Waals surface area contributed by atoms with Gasteiger partial charge in [-0.25, -0.2) is 4.98 Å². The Labute approximate surface area is 169 Å². The summed E-state index contributed by atoms with van der Waals surface area (Å²) in [5.41, 5.74) is 4.34. The van der Waals surface area contributed by atoms with E-state index in [9.17, 15) is 4.79 Å². The van der Waals surface area contributed by atoms with E-state index in [1.807, 2.05) is 35.2 Å². The van der Waals surface area contributed by atoms with E-state index in [2.05, 4.69) is 14.9 Å². The predicted molar refractivity (Wildman–Crippen MR) is 112 cm³/mol. The van der Waals surface area contributed by atoms with Gasteiger partial charge in [-0.15, -0.1) is 0 Å². The lowest BCUT2D eigenvalue weighted by Gasteiger charge is -2.32. The number of aromatic amines is 1. The van der Waals surface area contributed by atoms with Gasteiger partial charge in [0.05, 0.1) is 5.56 Å². The largest absolute Gasteiger partial charge is 0.358 e. The zero-order valence-electron chi connectivity index (χ0n) is 15.7. The molecule has 0 spiro atoms. The van der Waals surface area contributed by atoms with E-state index in [-0.39, 0.29) is 5.91 Å². The van der Waals surface area contributed by atoms with Crippen molar-refractivity contribution in [2.45, 2.75) is 32.2 Å². The van der Waals surface area contributed by atoms with Crippen LogP contribution in [0.4, 0.5) is 5.82 Å². The van der Waals surface area contributed by atoms with Crippen molar-refractivity contribution in [1.29, 1.82) is 0 Å². The zero-order chi connectivity index (χ0) is 19.1. The van der Waals surface area contributed by atoms with Crippen LogP contribution in [0.5, 0.6) is 0 Å². The highest BCUT2D eigenvalue weighted by molar-refractivity contribution is 6.31. The summed E-state index contributed by atoms with van der Waals surface area (Å²) in [5.74, 6) is 0.899. The molecule has 0 aliphatic carbocycles. The molecule has 2 aromatic heterocycles. The van der Waals surface area contributed by atoms with E-state index in [1.54, 1.807) is 6.20 Å². The minimum Gasteiger partial charge on any atom is -0.358 e. The molecule has 0 bridgehead atoms. The molecule has 0 saturated carbocycles. The number of halogens is 1. The minimum absolute atomic E-state index is 0.107. The van der Waals surface area contributed by atoms with Crippen LogP contribution in [0.3, 0.4) is 0 Å². The fraction of sp³-hybridized carbons (Fsp3) is 0.364. The van der Waals surface area contributed by atoms with E-state index >= 15 is 0 Å². The zero-order valence-corrected chi connectivity index (χ0v) is 16.5. The average molecular weight is 395 g/mol. The number of fused-ring (bicyclic) bond motifs is 3. The summed E-state index contributed by atoms with van der Waals surface area (Å²) in [5, 5.41) is 1.90. The minimum atomic E-state index is 0.107. The van der Waals surface area contributed by atoms with Crippen molar-refractivity contribution in [3.63, 3.8) is 0 Å². The summed E-state index contributed by atoms with van der Waals surface area (Å²) in [4.78, 5) is 25.5. The topological polar surface area (TPSA) is 52.2 Å². The Hall–Kier alpha value is -2.53. The van der Waals surface area contributed by atoms with Crippen molar-refractivity contribution in [2.24, 2.45) is 0 Å². The number of rotatable bonds is 2. The van der Waals surface area contributed by atoms with Crippen LogP contribution >= 0.6 is 11.6 Å². The lowest BCUT2D eigenvalue weighted by molar-refractivity contribution is 0.0724. The molecule has 1 saturated heterocycles. The maximum absolute atomic E-state index is 13.2. The van der Waals surface area contributed by atoms with E-state index in [0.29, 0.717) is 5.56 Å². The number of carbonyl (C=O) groups excluding carboxylic acids is 1. The summed E-state index contributed by atoms with van der Waals surface area (Å²) in [7, 11) is 0. The second-order valence-electron chi connectivity index (χ2n) is 7.67. The van der Waals surface area contributed by atoms with Crippen molar-refractivity contribution >= 4 is 34.2 Å². The van der Waals surface area contributed by atoms with Crippen LogP contribution in [0, 0.1) is 0 Å². The van der Waals surface area contributed by atoms with Crippen molar-refractivity contribution in [3.8, 4) is 0 Å². The molecule has 1 aromatic carbocycles. The molecule has 6 heteroatoms. The van der Waals surface area contributed by atoms with Gasteiger partial charge < -0.3 is 14.8 Å². The summed E-state index contributed by atoms with van der Waals surface area (Å²) < 4.78 is 0. The van der Waals surface area contributed by atoms with Crippen molar-refractivity contribution < 1.29 is 4.79 Å². The van der Waals surface area contributed by atoms with Crippen LogP contribution in [-0.2, 0) is 13.0 Å². The highest BCUT2D eigenvalue weighted by Gasteiger charge is 2.27. The monoisotopic (exact) mass is 394 g/mol. The summed E-state index contributed by atoms with van der Waals surface area (Å²) in [6.45, 7) is 3.26. The summed E-state index contributed by atoms with van der Waals surface area (Å²) >= 11 is 6.23. The van der Waals surface area contributed by atoms with Gasteiger partial charge >= 0.3 is 0 Å². The van der Waals surface area contributed by atoms with Crippen molar-refractivity contribution in [3.05, 3.63) is 58.4 Å². The molecule has 1 N–H and O–H groups in total. The van der Waals surface area contributed by atoms with Gasteiger partial charge in [-0.05, 0) is 49.6 Å². The number of pyridine rings is 1. The molecule has 1 fully saturated rings. The molecular weight excluding hydrogens is 372 g/mol. The smallest absolute Gasteiger partial charge is 0.257 e. The molecule has 4 heterocycles. The van der Waals surface area contributed by atoms with E-state index in [4.69, 9.17) is 11.6 Å². The fourth-order valence-corrected chi connectivity index (χ4v) is 4.62. The molecule has 3 aromatic rings. The van der Waals surface area contributed by atoms with Gasteiger partial charge in [0.25, 0.3) is 5.91 Å². The van der Waals surface area contributed by atoms with Gasteiger partial charge in [-0.2, -0.15) is 0 Å². The Bertz CT molecular complexity index is 1040. The number of benzene rings is 1. The average Bonchev–Trinajstić information content (AvgIpc) is 3.11. The quantitative estimate of drug-likeness (QED) is 0.700. The van der Waals surface area contributed by atoms with E-state index < -0.39 is 0 Å². The highest BCUT2D eigenvalue weighted by Crippen LogP contribution is 2.32. The SMILES string of the molecule is O=C(c1cccnc1N1CCc2[nH]c3ccc(Cl)cc3c2C1)N1CCCCC1. The standard InChI is InChI=1S/C22H23ClN4O/c23-15-6-7-19-17(13-15)18-14-27(12-8-20(18)25-19)21-16(5-4-9-24-21)22(28)26-10-2-1-3-11-26/h4-7,9,13,25H,1-3,8,10-12,14H2. The number of aromatic nitrogens is 2. The van der Waals surface area contributed by atoms with E-state index in [0.717, 1.165) is 67.2 Å². The number of nitrogens with one attached hydrogen (secondary N) is 1. The Balaban J connectivity index is 1.49.